The molecule has 0 saturated carbocycles. The summed E-state index contributed by atoms with van der Waals surface area (Å²) in [7, 11) is 0. The fourth-order valence-corrected chi connectivity index (χ4v) is 3.44. The van der Waals surface area contributed by atoms with Crippen LogP contribution in [-0.2, 0) is 11.2 Å². The molecule has 150 valence electrons. The molecule has 29 heavy (non-hydrogen) atoms. The predicted octanol–water partition coefficient (Wildman–Crippen LogP) is 3.67. The van der Waals surface area contributed by atoms with Crippen molar-refractivity contribution in [2.75, 3.05) is 13.2 Å². The Morgan fingerprint density at radius 1 is 0.931 bits per heavy atom. The van der Waals surface area contributed by atoms with Crippen LogP contribution < -0.4 is 15.4 Å². The number of hydrogen-bond donors (Lipinski definition) is 2. The zero-order valence-electron chi connectivity index (χ0n) is 16.0. The van der Waals surface area contributed by atoms with Crippen LogP contribution in [0.1, 0.15) is 21.7 Å². The molecule has 1 aromatic heterocycles. The highest BCUT2D eigenvalue weighted by atomic mass is 32.1. The Kier molecular flexibility index (Phi) is 7.83. The van der Waals surface area contributed by atoms with E-state index in [0.717, 1.165) is 11.3 Å². The van der Waals surface area contributed by atoms with Crippen LogP contribution in [0.2, 0.25) is 0 Å². The van der Waals surface area contributed by atoms with E-state index in [9.17, 15) is 9.59 Å². The molecular formula is C23H24N2O3S. The normalized spacial score (nSPS) is 11.4. The lowest BCUT2D eigenvalue weighted by molar-refractivity contribution is -0.122. The zero-order valence-corrected chi connectivity index (χ0v) is 16.9. The topological polar surface area (TPSA) is 67.4 Å². The molecule has 2 amide bonds. The third-order valence-corrected chi connectivity index (χ3v) is 5.15. The number of carbonyl (C=O) groups excluding carboxylic acids is 2. The molecule has 0 bridgehead atoms. The number of carbonyl (C=O) groups is 2. The van der Waals surface area contributed by atoms with Gasteiger partial charge in [0.2, 0.25) is 5.91 Å². The molecule has 6 heteroatoms. The molecule has 5 nitrogen and oxygen atoms in total. The molecule has 0 aliphatic heterocycles. The molecular weight excluding hydrogens is 384 g/mol. The predicted molar refractivity (Wildman–Crippen MR) is 115 cm³/mol. The summed E-state index contributed by atoms with van der Waals surface area (Å²) in [6.07, 6.45) is 1.11. The molecule has 0 fully saturated rings. The van der Waals surface area contributed by atoms with Crippen LogP contribution in [0.15, 0.2) is 78.2 Å². The van der Waals surface area contributed by atoms with E-state index in [1.54, 1.807) is 6.07 Å². The summed E-state index contributed by atoms with van der Waals surface area (Å²) in [5, 5.41) is 7.61. The number of benzene rings is 2. The summed E-state index contributed by atoms with van der Waals surface area (Å²) in [6, 6.07) is 22.2. The maximum absolute atomic E-state index is 12.7. The van der Waals surface area contributed by atoms with Crippen LogP contribution in [0.25, 0.3) is 0 Å². The minimum atomic E-state index is -0.637. The van der Waals surface area contributed by atoms with Crippen LogP contribution in [0.4, 0.5) is 0 Å². The number of nitrogens with one attached hydrogen (secondary N) is 2. The Labute approximate surface area is 174 Å². The number of para-hydroxylation sites is 1. The van der Waals surface area contributed by atoms with E-state index in [0.29, 0.717) is 30.9 Å². The van der Waals surface area contributed by atoms with Gasteiger partial charge in [-0.05, 0) is 35.6 Å². The van der Waals surface area contributed by atoms with Crippen LogP contribution in [0, 0.1) is 0 Å². The lowest BCUT2D eigenvalue weighted by Gasteiger charge is -2.18. The second-order valence-electron chi connectivity index (χ2n) is 6.50. The number of rotatable bonds is 10. The van der Waals surface area contributed by atoms with E-state index < -0.39 is 6.04 Å². The van der Waals surface area contributed by atoms with E-state index in [2.05, 4.69) is 10.6 Å². The van der Waals surface area contributed by atoms with E-state index in [1.165, 1.54) is 11.3 Å². The van der Waals surface area contributed by atoms with Crippen molar-refractivity contribution in [3.63, 3.8) is 0 Å². The minimum Gasteiger partial charge on any atom is -0.494 e. The smallest absolute Gasteiger partial charge is 0.262 e. The van der Waals surface area contributed by atoms with E-state index in [1.807, 2.05) is 72.1 Å². The van der Waals surface area contributed by atoms with Crippen molar-refractivity contribution in [2.24, 2.45) is 0 Å². The third kappa shape index (κ3) is 6.76. The largest absolute Gasteiger partial charge is 0.494 e. The highest BCUT2D eigenvalue weighted by Gasteiger charge is 2.22. The molecule has 2 N–H and O–H groups in total. The van der Waals surface area contributed by atoms with Gasteiger partial charge in [-0.25, -0.2) is 0 Å². The van der Waals surface area contributed by atoms with Gasteiger partial charge in [-0.1, -0.05) is 54.6 Å². The monoisotopic (exact) mass is 408 g/mol. The van der Waals surface area contributed by atoms with E-state index in [4.69, 9.17) is 4.74 Å². The summed E-state index contributed by atoms with van der Waals surface area (Å²) in [5.41, 5.74) is 0.992. The molecule has 0 spiro atoms. The average Bonchev–Trinajstić information content (AvgIpc) is 3.29. The molecule has 1 atom stereocenters. The Balaban J connectivity index is 1.51. The van der Waals surface area contributed by atoms with Gasteiger partial charge >= 0.3 is 0 Å². The molecule has 3 rings (SSSR count). The molecule has 0 aliphatic rings. The molecule has 3 aromatic rings. The van der Waals surface area contributed by atoms with Gasteiger partial charge in [0, 0.05) is 13.0 Å². The molecule has 0 radical (unpaired) electrons. The number of ether oxygens (including phenoxy) is 1. The first-order valence-electron chi connectivity index (χ1n) is 9.56. The third-order valence-electron chi connectivity index (χ3n) is 4.28. The summed E-state index contributed by atoms with van der Waals surface area (Å²) in [6.45, 7) is 0.987. The van der Waals surface area contributed by atoms with Gasteiger partial charge in [0.25, 0.3) is 5.91 Å². The Morgan fingerprint density at radius 2 is 1.66 bits per heavy atom. The highest BCUT2D eigenvalue weighted by molar-refractivity contribution is 7.12. The molecule has 1 unspecified atom stereocenters. The summed E-state index contributed by atoms with van der Waals surface area (Å²) < 4.78 is 5.64. The minimum absolute atomic E-state index is 0.196. The molecule has 2 aromatic carbocycles. The van der Waals surface area contributed by atoms with E-state index >= 15 is 0 Å². The van der Waals surface area contributed by atoms with Crippen LogP contribution in [0.5, 0.6) is 5.75 Å². The first-order valence-corrected chi connectivity index (χ1v) is 10.4. The summed E-state index contributed by atoms with van der Waals surface area (Å²) in [4.78, 5) is 25.8. The molecule has 0 saturated heterocycles. The van der Waals surface area contributed by atoms with Crippen molar-refractivity contribution in [3.05, 3.63) is 88.6 Å². The first-order chi connectivity index (χ1) is 14.2. The van der Waals surface area contributed by atoms with Crippen molar-refractivity contribution < 1.29 is 14.3 Å². The number of thiophene rings is 1. The van der Waals surface area contributed by atoms with Gasteiger partial charge in [0.05, 0.1) is 11.5 Å². The zero-order chi connectivity index (χ0) is 20.3. The van der Waals surface area contributed by atoms with Gasteiger partial charge < -0.3 is 15.4 Å². The SMILES string of the molecule is O=C(NC(Cc1ccccc1)C(=O)NCCCOc1ccccc1)c1cccs1. The lowest BCUT2D eigenvalue weighted by Crippen LogP contribution is -2.48. The van der Waals surface area contributed by atoms with Crippen LogP contribution >= 0.6 is 11.3 Å². The quantitative estimate of drug-likeness (QED) is 0.503. The van der Waals surface area contributed by atoms with Crippen molar-refractivity contribution in [3.8, 4) is 5.75 Å². The van der Waals surface area contributed by atoms with Crippen LogP contribution in [-0.4, -0.2) is 31.0 Å². The van der Waals surface area contributed by atoms with Crippen molar-refractivity contribution in [1.82, 2.24) is 10.6 Å². The Morgan fingerprint density at radius 3 is 2.34 bits per heavy atom. The molecule has 1 heterocycles. The summed E-state index contributed by atoms with van der Waals surface area (Å²) in [5.74, 6) is 0.381. The second kappa shape index (κ2) is 11.0. The van der Waals surface area contributed by atoms with Crippen LogP contribution in [0.3, 0.4) is 0 Å². The number of hydrogen-bond acceptors (Lipinski definition) is 4. The first kappa shape index (κ1) is 20.6. The van der Waals surface area contributed by atoms with Crippen molar-refractivity contribution in [2.45, 2.75) is 18.9 Å². The Bertz CT molecular complexity index is 883. The summed E-state index contributed by atoms with van der Waals surface area (Å²) >= 11 is 1.35. The highest BCUT2D eigenvalue weighted by Crippen LogP contribution is 2.10. The Hall–Kier alpha value is -3.12. The molecule has 0 aliphatic carbocycles. The van der Waals surface area contributed by atoms with Gasteiger partial charge in [-0.15, -0.1) is 11.3 Å². The van der Waals surface area contributed by atoms with Gasteiger partial charge in [0.15, 0.2) is 0 Å². The second-order valence-corrected chi connectivity index (χ2v) is 7.45. The lowest BCUT2D eigenvalue weighted by atomic mass is 10.1. The fourth-order valence-electron chi connectivity index (χ4n) is 2.81. The fraction of sp³-hybridized carbons (Fsp3) is 0.217. The standard InChI is InChI=1S/C23H24N2O3S/c26-22(24-14-8-15-28-19-11-5-2-6-12-19)20(17-18-9-3-1-4-10-18)25-23(27)21-13-7-16-29-21/h1-7,9-13,16,20H,8,14-15,17H2,(H,24,26)(H,25,27). The van der Waals surface area contributed by atoms with E-state index in [-0.39, 0.29) is 11.8 Å². The number of amides is 2. The van der Waals surface area contributed by atoms with Gasteiger partial charge in [-0.2, -0.15) is 0 Å². The van der Waals surface area contributed by atoms with Crippen molar-refractivity contribution in [1.29, 1.82) is 0 Å². The maximum atomic E-state index is 12.7. The van der Waals surface area contributed by atoms with Gasteiger partial charge in [0.1, 0.15) is 11.8 Å². The average molecular weight is 409 g/mol. The maximum Gasteiger partial charge on any atom is 0.262 e. The van der Waals surface area contributed by atoms with Gasteiger partial charge in [-0.3, -0.25) is 9.59 Å². The van der Waals surface area contributed by atoms with Crippen molar-refractivity contribution >= 4 is 23.2 Å².